The number of aliphatic hydroxyl groups excluding tert-OH is 1. The largest absolute Gasteiger partial charge is 0.477 e. The molecule has 0 atom stereocenters. The van der Waals surface area contributed by atoms with Crippen molar-refractivity contribution in [3.8, 4) is 0 Å². The first-order valence-corrected chi connectivity index (χ1v) is 14.1. The summed E-state index contributed by atoms with van der Waals surface area (Å²) >= 11 is 0. The minimum Gasteiger partial charge on any atom is -0.477 e. The van der Waals surface area contributed by atoms with Gasteiger partial charge in [0.25, 0.3) is 0 Å². The van der Waals surface area contributed by atoms with Crippen LogP contribution in [0.1, 0.15) is 59.8 Å². The summed E-state index contributed by atoms with van der Waals surface area (Å²) in [7, 11) is -1.82. The van der Waals surface area contributed by atoms with Gasteiger partial charge in [-0.05, 0) is 25.1 Å². The number of carboxylic acids is 1. The van der Waals surface area contributed by atoms with Crippen LogP contribution in [0.2, 0.25) is 18.1 Å². The van der Waals surface area contributed by atoms with Crippen molar-refractivity contribution < 1.29 is 37.8 Å². The van der Waals surface area contributed by atoms with E-state index in [0.717, 1.165) is 11.1 Å². The molecule has 0 fully saturated rings. The van der Waals surface area contributed by atoms with E-state index in [2.05, 4.69) is 43.8 Å². The number of aromatic amines is 2. The fourth-order valence-electron chi connectivity index (χ4n) is 3.05. The van der Waals surface area contributed by atoms with E-state index < -0.39 is 14.3 Å². The zero-order chi connectivity index (χ0) is 26.0. The van der Waals surface area contributed by atoms with Crippen LogP contribution in [0.5, 0.6) is 0 Å². The number of hydrogen-bond acceptors (Lipinski definition) is 7. The minimum absolute atomic E-state index is 0.0593. The van der Waals surface area contributed by atoms with Crippen LogP contribution in [0, 0.1) is 0 Å². The average molecular weight is 505 g/mol. The number of esters is 1. The minimum atomic E-state index is -1.82. The Kier molecular flexibility index (Phi) is 7.63. The number of carbonyl (C=O) groups is 2. The van der Waals surface area contributed by atoms with E-state index in [-0.39, 0.29) is 23.3 Å². The van der Waals surface area contributed by atoms with Gasteiger partial charge in [-0.2, -0.15) is 0 Å². The van der Waals surface area contributed by atoms with Gasteiger partial charge in [0, 0.05) is 23.3 Å². The number of H-pyrrole nitrogens is 2. The molecule has 0 bridgehead atoms. The molecule has 10 nitrogen and oxygen atoms in total. The van der Waals surface area contributed by atoms with E-state index >= 15 is 0 Å². The van der Waals surface area contributed by atoms with Crippen LogP contribution in [-0.2, 0) is 22.4 Å². The molecule has 0 aliphatic rings. The van der Waals surface area contributed by atoms with Crippen molar-refractivity contribution in [1.82, 2.24) is 9.97 Å². The standard InChI is InChI=1S/C16H25NO4Si.C8H7NO4/c1-7-19-15(18)12-8-13-14(17-12)11(9-20-13)10-21-22(5,6)16(2,3)4;10-2-4-3-13-6-1-5(8(11)12)9-7(4)6/h8-9,17H,7,10H2,1-6H3;1,3,9-10H,2H2,(H,11,12). The Morgan fingerprint density at radius 3 is 2.09 bits per heavy atom. The molecule has 0 saturated heterocycles. The molecular weight excluding hydrogens is 472 g/mol. The second-order valence-corrected chi connectivity index (χ2v) is 14.4. The van der Waals surface area contributed by atoms with Crippen molar-refractivity contribution in [3.05, 3.63) is 47.2 Å². The Bertz CT molecular complexity index is 1320. The summed E-state index contributed by atoms with van der Waals surface area (Å²) in [4.78, 5) is 28.0. The quantitative estimate of drug-likeness (QED) is 0.193. The molecule has 0 aliphatic carbocycles. The molecule has 190 valence electrons. The highest BCUT2D eigenvalue weighted by molar-refractivity contribution is 6.74. The van der Waals surface area contributed by atoms with Crippen LogP contribution in [0.25, 0.3) is 22.2 Å². The molecule has 4 rings (SSSR count). The third-order valence-electron chi connectivity index (χ3n) is 6.15. The maximum atomic E-state index is 11.8. The summed E-state index contributed by atoms with van der Waals surface area (Å²) in [6.45, 7) is 13.5. The van der Waals surface area contributed by atoms with Gasteiger partial charge >= 0.3 is 11.9 Å². The highest BCUT2D eigenvalue weighted by atomic mass is 28.4. The number of aliphatic hydroxyl groups is 1. The molecule has 0 unspecified atom stereocenters. The van der Waals surface area contributed by atoms with Crippen LogP contribution in [0.3, 0.4) is 0 Å². The Morgan fingerprint density at radius 2 is 1.54 bits per heavy atom. The van der Waals surface area contributed by atoms with Crippen molar-refractivity contribution in [2.75, 3.05) is 6.61 Å². The van der Waals surface area contributed by atoms with Crippen molar-refractivity contribution in [3.63, 3.8) is 0 Å². The predicted molar refractivity (Wildman–Crippen MR) is 132 cm³/mol. The molecule has 4 heterocycles. The number of rotatable bonds is 7. The summed E-state index contributed by atoms with van der Waals surface area (Å²) in [6.07, 6.45) is 3.08. The SMILES string of the molecule is CCOC(=O)c1cc2occ(CO[Si](C)(C)C(C)(C)C)c2[nH]1.O=C(O)c1cc2occ(CO)c2[nH]1. The Hall–Kier alpha value is -3.28. The van der Waals surface area contributed by atoms with Crippen LogP contribution in [-0.4, -0.2) is 47.0 Å². The van der Waals surface area contributed by atoms with Gasteiger partial charge in [-0.3, -0.25) is 0 Å². The second-order valence-electron chi connectivity index (χ2n) is 9.60. The normalized spacial score (nSPS) is 12.1. The molecule has 0 amide bonds. The van der Waals surface area contributed by atoms with Gasteiger partial charge in [0.1, 0.15) is 11.4 Å². The van der Waals surface area contributed by atoms with E-state index in [0.29, 0.717) is 41.2 Å². The molecule has 0 spiro atoms. The lowest BCUT2D eigenvalue weighted by Gasteiger charge is -2.36. The van der Waals surface area contributed by atoms with Crippen molar-refractivity contribution in [2.45, 2.75) is 59.0 Å². The smallest absolute Gasteiger partial charge is 0.354 e. The van der Waals surface area contributed by atoms with Gasteiger partial charge in [-0.15, -0.1) is 0 Å². The molecule has 0 aliphatic heterocycles. The molecule has 35 heavy (non-hydrogen) atoms. The van der Waals surface area contributed by atoms with Crippen LogP contribution < -0.4 is 0 Å². The number of ether oxygens (including phenoxy) is 1. The zero-order valence-electron chi connectivity index (χ0n) is 20.8. The highest BCUT2D eigenvalue weighted by Crippen LogP contribution is 2.37. The molecular formula is C24H32N2O8Si. The third kappa shape index (κ3) is 5.69. The number of aromatic carboxylic acids is 1. The first-order valence-electron chi connectivity index (χ1n) is 11.2. The molecule has 4 aromatic rings. The summed E-state index contributed by atoms with van der Waals surface area (Å²) in [5, 5.41) is 17.6. The summed E-state index contributed by atoms with van der Waals surface area (Å²) in [5.74, 6) is -1.42. The lowest BCUT2D eigenvalue weighted by molar-refractivity contribution is 0.0520. The maximum absolute atomic E-state index is 11.8. The van der Waals surface area contributed by atoms with Crippen LogP contribution in [0.4, 0.5) is 0 Å². The molecule has 4 aromatic heterocycles. The Morgan fingerprint density at radius 1 is 1.00 bits per heavy atom. The summed E-state index contributed by atoms with van der Waals surface area (Å²) in [6, 6.07) is 3.06. The van der Waals surface area contributed by atoms with Gasteiger partial charge in [0.05, 0.1) is 43.4 Å². The average Bonchev–Trinajstić information content (AvgIpc) is 3.52. The topological polar surface area (TPSA) is 151 Å². The van der Waals surface area contributed by atoms with Crippen LogP contribution >= 0.6 is 0 Å². The lowest BCUT2D eigenvalue weighted by atomic mass is 10.2. The summed E-state index contributed by atoms with van der Waals surface area (Å²) < 4.78 is 21.7. The number of nitrogens with one attached hydrogen (secondary N) is 2. The van der Waals surface area contributed by atoms with Crippen LogP contribution in [0.15, 0.2) is 33.5 Å². The van der Waals surface area contributed by atoms with Crippen molar-refractivity contribution >= 4 is 42.5 Å². The van der Waals surface area contributed by atoms with Gasteiger partial charge in [-0.25, -0.2) is 9.59 Å². The van der Waals surface area contributed by atoms with Gasteiger partial charge < -0.3 is 38.2 Å². The zero-order valence-corrected chi connectivity index (χ0v) is 21.8. The number of carbonyl (C=O) groups excluding carboxylic acids is 1. The number of carboxylic acid groups (broad SMARTS) is 1. The van der Waals surface area contributed by atoms with E-state index in [9.17, 15) is 9.59 Å². The number of furan rings is 2. The summed E-state index contributed by atoms with van der Waals surface area (Å²) in [5.41, 5.74) is 4.40. The van der Waals surface area contributed by atoms with Crippen molar-refractivity contribution in [1.29, 1.82) is 0 Å². The number of fused-ring (bicyclic) bond motifs is 2. The van der Waals surface area contributed by atoms with E-state index in [1.807, 2.05) is 0 Å². The molecule has 0 aromatic carbocycles. The van der Waals surface area contributed by atoms with Gasteiger partial charge in [0.15, 0.2) is 19.5 Å². The van der Waals surface area contributed by atoms with Gasteiger partial charge in [0.2, 0.25) is 0 Å². The predicted octanol–water partition coefficient (Wildman–Crippen LogP) is 5.41. The highest BCUT2D eigenvalue weighted by Gasteiger charge is 2.37. The van der Waals surface area contributed by atoms with E-state index in [1.54, 1.807) is 19.3 Å². The lowest BCUT2D eigenvalue weighted by Crippen LogP contribution is -2.40. The fourth-order valence-corrected chi connectivity index (χ4v) is 4.00. The second kappa shape index (κ2) is 10.1. The van der Waals surface area contributed by atoms with E-state index in [1.165, 1.54) is 12.3 Å². The molecule has 4 N–H and O–H groups in total. The van der Waals surface area contributed by atoms with Crippen molar-refractivity contribution in [2.24, 2.45) is 0 Å². The Balaban J connectivity index is 0.000000223. The number of hydrogen-bond donors (Lipinski definition) is 4. The Labute approximate surface area is 203 Å². The molecule has 11 heteroatoms. The third-order valence-corrected chi connectivity index (χ3v) is 10.6. The maximum Gasteiger partial charge on any atom is 0.354 e. The molecule has 0 radical (unpaired) electrons. The first kappa shape index (κ1) is 26.3. The van der Waals surface area contributed by atoms with Gasteiger partial charge in [-0.1, -0.05) is 20.8 Å². The van der Waals surface area contributed by atoms with E-state index in [4.69, 9.17) is 28.2 Å². The number of aromatic nitrogens is 2. The monoisotopic (exact) mass is 504 g/mol. The molecule has 0 saturated carbocycles. The fraction of sp³-hybridized carbons (Fsp3) is 0.417. The first-order chi connectivity index (χ1) is 16.4.